The Labute approximate surface area is 205 Å². The number of pyridine rings is 1. The maximum absolute atomic E-state index is 13.4. The van der Waals surface area contributed by atoms with Gasteiger partial charge in [-0.3, -0.25) is 9.30 Å². The third kappa shape index (κ3) is 4.14. The molecule has 6 rings (SSSR count). The number of hydrogen-bond acceptors (Lipinski definition) is 10. The van der Waals surface area contributed by atoms with E-state index in [1.54, 1.807) is 19.2 Å². The minimum Gasteiger partial charge on any atom is -0.412 e. The van der Waals surface area contributed by atoms with E-state index in [0.29, 0.717) is 37.5 Å². The number of hydrogen-bond donors (Lipinski definition) is 1. The molecular weight excluding hydrogens is 500 g/mol. The van der Waals surface area contributed by atoms with Crippen molar-refractivity contribution in [3.63, 3.8) is 0 Å². The van der Waals surface area contributed by atoms with E-state index in [4.69, 9.17) is 13.9 Å². The van der Waals surface area contributed by atoms with Gasteiger partial charge in [-0.2, -0.15) is 8.78 Å². The lowest BCUT2D eigenvalue weighted by molar-refractivity contribution is -0.0523. The zero-order valence-electron chi connectivity index (χ0n) is 19.4. The summed E-state index contributed by atoms with van der Waals surface area (Å²) in [6.45, 7) is 6.54. The molecule has 0 aliphatic carbocycles. The normalized spacial score (nSPS) is 22.7. The second-order valence-electron chi connectivity index (χ2n) is 9.51. The summed E-state index contributed by atoms with van der Waals surface area (Å²) in [5, 5.41) is 7.08. The van der Waals surface area contributed by atoms with Crippen LogP contribution in [0.2, 0.25) is 0 Å². The highest BCUT2D eigenvalue weighted by Gasteiger charge is 2.39. The molecule has 0 unspecified atom stereocenters. The van der Waals surface area contributed by atoms with E-state index in [2.05, 4.69) is 29.7 Å². The Balaban J connectivity index is 1.45. The number of nitrogens with one attached hydrogen (secondary N) is 1. The molecule has 3 aromatic rings. The third-order valence-electron chi connectivity index (χ3n) is 6.72. The first-order valence-electron chi connectivity index (χ1n) is 11.5. The standard InChI is InChI=1S/C21H25F2N7O5S/c1-21(11-34-12-21)27-36(31,32)14-6-15(29-3-2-28-4-5-33-10-13(28)8-29)16-7-24-18(30(16)9-14)20-26-25-19(35-20)17(22)23/h6-7,9,13,17,27H,2-5,8,10-12H2,1H3/t13-/m1/s1. The number of ether oxygens (including phenoxy) is 2. The van der Waals surface area contributed by atoms with Gasteiger partial charge in [0.05, 0.1) is 55.4 Å². The number of piperazine rings is 1. The van der Waals surface area contributed by atoms with Crippen LogP contribution >= 0.6 is 0 Å². The summed E-state index contributed by atoms with van der Waals surface area (Å²) in [6.07, 6.45) is -0.00269. The lowest BCUT2D eigenvalue weighted by Crippen LogP contribution is -2.59. The van der Waals surface area contributed by atoms with E-state index in [-0.39, 0.29) is 35.9 Å². The summed E-state index contributed by atoms with van der Waals surface area (Å²) >= 11 is 0. The van der Waals surface area contributed by atoms with Crippen LogP contribution in [0, 0.1) is 0 Å². The quantitative estimate of drug-likeness (QED) is 0.496. The molecule has 1 atom stereocenters. The van der Waals surface area contributed by atoms with Gasteiger partial charge in [-0.05, 0) is 13.0 Å². The van der Waals surface area contributed by atoms with Gasteiger partial charge in [-0.1, -0.05) is 0 Å². The van der Waals surface area contributed by atoms with Crippen molar-refractivity contribution < 1.29 is 31.1 Å². The summed E-state index contributed by atoms with van der Waals surface area (Å²) in [5.41, 5.74) is 0.518. The first kappa shape index (κ1) is 23.7. The number of morpholine rings is 1. The van der Waals surface area contributed by atoms with Crippen molar-refractivity contribution in [1.82, 2.24) is 29.2 Å². The van der Waals surface area contributed by atoms with Crippen molar-refractivity contribution in [1.29, 1.82) is 0 Å². The van der Waals surface area contributed by atoms with Gasteiger partial charge in [0.25, 0.3) is 11.8 Å². The number of fused-ring (bicyclic) bond motifs is 2. The molecule has 0 aromatic carbocycles. The number of imidazole rings is 1. The van der Waals surface area contributed by atoms with Gasteiger partial charge in [0, 0.05) is 32.4 Å². The first-order chi connectivity index (χ1) is 17.2. The highest BCUT2D eigenvalue weighted by Crippen LogP contribution is 2.33. The summed E-state index contributed by atoms with van der Waals surface area (Å²) in [6, 6.07) is 1.79. The van der Waals surface area contributed by atoms with Crippen molar-refractivity contribution >= 4 is 21.2 Å². The lowest BCUT2D eigenvalue weighted by Gasteiger charge is -2.44. The van der Waals surface area contributed by atoms with Crippen LogP contribution in [0.5, 0.6) is 0 Å². The smallest absolute Gasteiger partial charge is 0.314 e. The molecule has 0 saturated carbocycles. The Morgan fingerprint density at radius 1 is 1.19 bits per heavy atom. The highest BCUT2D eigenvalue weighted by molar-refractivity contribution is 7.89. The van der Waals surface area contributed by atoms with Crippen LogP contribution in [-0.4, -0.2) is 97.1 Å². The zero-order chi connectivity index (χ0) is 25.1. The van der Waals surface area contributed by atoms with Crippen LogP contribution in [0.25, 0.3) is 17.2 Å². The molecule has 194 valence electrons. The van der Waals surface area contributed by atoms with E-state index >= 15 is 0 Å². The summed E-state index contributed by atoms with van der Waals surface area (Å²) < 4.78 is 73.1. The minimum absolute atomic E-state index is 0.00621. The van der Waals surface area contributed by atoms with Gasteiger partial charge >= 0.3 is 6.43 Å². The molecule has 0 radical (unpaired) electrons. The van der Waals surface area contributed by atoms with E-state index in [9.17, 15) is 17.2 Å². The molecule has 3 aromatic heterocycles. The third-order valence-corrected chi connectivity index (χ3v) is 8.33. The second kappa shape index (κ2) is 8.69. The number of sulfonamides is 1. The van der Waals surface area contributed by atoms with Gasteiger partial charge in [0.1, 0.15) is 4.90 Å². The molecule has 3 aliphatic rings. The molecule has 6 heterocycles. The van der Waals surface area contributed by atoms with Crippen LogP contribution in [0.1, 0.15) is 19.2 Å². The number of alkyl halides is 2. The largest absolute Gasteiger partial charge is 0.412 e. The monoisotopic (exact) mass is 525 g/mol. The fourth-order valence-corrected chi connectivity index (χ4v) is 6.24. The van der Waals surface area contributed by atoms with Gasteiger partial charge in [-0.15, -0.1) is 10.2 Å². The Kier molecular flexibility index (Phi) is 5.71. The lowest BCUT2D eigenvalue weighted by atomic mass is 10.0. The summed E-state index contributed by atoms with van der Waals surface area (Å²) in [4.78, 5) is 8.78. The van der Waals surface area contributed by atoms with E-state index in [1.807, 2.05) is 0 Å². The van der Waals surface area contributed by atoms with Crippen molar-refractivity contribution in [2.45, 2.75) is 29.8 Å². The van der Waals surface area contributed by atoms with E-state index < -0.39 is 27.9 Å². The Morgan fingerprint density at radius 2 is 2.03 bits per heavy atom. The number of halogens is 2. The number of rotatable bonds is 6. The molecule has 0 bridgehead atoms. The van der Waals surface area contributed by atoms with Gasteiger partial charge < -0.3 is 18.8 Å². The molecule has 0 amide bonds. The van der Waals surface area contributed by atoms with Crippen LogP contribution in [0.4, 0.5) is 14.5 Å². The molecule has 3 saturated heterocycles. The minimum atomic E-state index is -3.97. The fraction of sp³-hybridized carbons (Fsp3) is 0.571. The molecule has 36 heavy (non-hydrogen) atoms. The number of anilines is 1. The first-order valence-corrected chi connectivity index (χ1v) is 13.0. The average molecular weight is 526 g/mol. The van der Waals surface area contributed by atoms with Crippen molar-refractivity contribution in [2.24, 2.45) is 0 Å². The second-order valence-corrected chi connectivity index (χ2v) is 11.2. The molecular formula is C21H25F2N7O5S. The van der Waals surface area contributed by atoms with Crippen molar-refractivity contribution in [3.8, 4) is 11.7 Å². The fourth-order valence-electron chi connectivity index (χ4n) is 4.84. The van der Waals surface area contributed by atoms with Crippen molar-refractivity contribution in [3.05, 3.63) is 24.4 Å². The predicted molar refractivity (Wildman–Crippen MR) is 121 cm³/mol. The molecule has 12 nitrogen and oxygen atoms in total. The number of nitrogens with zero attached hydrogens (tertiary/aromatic N) is 6. The highest BCUT2D eigenvalue weighted by atomic mass is 32.2. The SMILES string of the molecule is CC1(NS(=O)(=O)c2cc(N3CCN4CCOC[C@H]4C3)c3cnc(-c4nnc(C(F)F)o4)n3c2)COC1. The Hall–Kier alpha value is -2.72. The Bertz CT molecular complexity index is 1390. The topological polar surface area (TPSA) is 127 Å². The van der Waals surface area contributed by atoms with Crippen LogP contribution < -0.4 is 9.62 Å². The van der Waals surface area contributed by atoms with Crippen molar-refractivity contribution in [2.75, 3.05) is 57.5 Å². The van der Waals surface area contributed by atoms with E-state index in [1.165, 1.54) is 10.6 Å². The molecule has 1 N–H and O–H groups in total. The summed E-state index contributed by atoms with van der Waals surface area (Å²) in [5.74, 6) is -0.997. The van der Waals surface area contributed by atoms with Gasteiger partial charge in [0.15, 0.2) is 0 Å². The zero-order valence-corrected chi connectivity index (χ0v) is 20.2. The maximum atomic E-state index is 13.4. The summed E-state index contributed by atoms with van der Waals surface area (Å²) in [7, 11) is -3.97. The number of aromatic nitrogens is 4. The van der Waals surface area contributed by atoms with Crippen LogP contribution in [0.3, 0.4) is 0 Å². The van der Waals surface area contributed by atoms with Crippen LogP contribution in [0.15, 0.2) is 27.8 Å². The van der Waals surface area contributed by atoms with Gasteiger partial charge in [-0.25, -0.2) is 18.1 Å². The van der Waals surface area contributed by atoms with Gasteiger partial charge in [0.2, 0.25) is 15.8 Å². The Morgan fingerprint density at radius 3 is 2.75 bits per heavy atom. The molecule has 0 spiro atoms. The maximum Gasteiger partial charge on any atom is 0.314 e. The molecule has 3 fully saturated rings. The average Bonchev–Trinajstić information content (AvgIpc) is 3.49. The molecule has 15 heteroatoms. The van der Waals surface area contributed by atoms with E-state index in [0.717, 1.165) is 13.1 Å². The van der Waals surface area contributed by atoms with Crippen LogP contribution in [-0.2, 0) is 19.5 Å². The predicted octanol–water partition coefficient (Wildman–Crippen LogP) is 0.910. The molecule has 3 aliphatic heterocycles.